The number of piperidine rings is 3. The highest BCUT2D eigenvalue weighted by Gasteiger charge is 2.43. The van der Waals surface area contributed by atoms with Gasteiger partial charge in [0.25, 0.3) is 5.91 Å². The van der Waals surface area contributed by atoms with Gasteiger partial charge < -0.3 is 20.9 Å². The molecule has 6 heteroatoms. The summed E-state index contributed by atoms with van der Waals surface area (Å²) in [6.07, 6.45) is 3.93. The third kappa shape index (κ3) is 4.26. The number of fused-ring (bicyclic) bond motifs is 1. The second kappa shape index (κ2) is 8.67. The Hall–Kier alpha value is -1.92. The van der Waals surface area contributed by atoms with Gasteiger partial charge in [0.05, 0.1) is 5.92 Å². The summed E-state index contributed by atoms with van der Waals surface area (Å²) < 4.78 is 0. The van der Waals surface area contributed by atoms with E-state index in [1.807, 2.05) is 37.1 Å². The number of likely N-dealkylation sites (tertiary alicyclic amines) is 1. The van der Waals surface area contributed by atoms with Gasteiger partial charge in [-0.25, -0.2) is 0 Å². The topological polar surface area (TPSA) is 73.5 Å². The molecule has 1 aromatic carbocycles. The average Bonchev–Trinajstić information content (AvgIpc) is 2.73. The van der Waals surface area contributed by atoms with Crippen LogP contribution < -0.4 is 16.0 Å². The lowest BCUT2D eigenvalue weighted by atomic mass is 9.75. The molecule has 3 aliphatic rings. The third-order valence-electron chi connectivity index (χ3n) is 7.46. The van der Waals surface area contributed by atoms with Crippen molar-refractivity contribution in [2.24, 2.45) is 5.92 Å². The predicted molar refractivity (Wildman–Crippen MR) is 119 cm³/mol. The number of carbonyl (C=O) groups excluding carboxylic acids is 2. The van der Waals surface area contributed by atoms with E-state index in [-0.39, 0.29) is 23.8 Å². The molecule has 3 fully saturated rings. The molecule has 3 N–H and O–H groups in total. The van der Waals surface area contributed by atoms with Crippen molar-refractivity contribution in [1.29, 1.82) is 0 Å². The first-order chi connectivity index (χ1) is 14.3. The number of nitrogens with one attached hydrogen (secondary N) is 3. The molecule has 30 heavy (non-hydrogen) atoms. The van der Waals surface area contributed by atoms with Crippen LogP contribution in [0.5, 0.6) is 0 Å². The smallest absolute Gasteiger partial charge is 0.251 e. The van der Waals surface area contributed by atoms with E-state index in [0.717, 1.165) is 49.9 Å². The van der Waals surface area contributed by atoms with Crippen LogP contribution in [0.4, 0.5) is 0 Å². The molecule has 0 bridgehead atoms. The lowest BCUT2D eigenvalue weighted by Crippen LogP contribution is -2.57. The fourth-order valence-electron chi connectivity index (χ4n) is 5.46. The minimum absolute atomic E-state index is 0.0414. The lowest BCUT2D eigenvalue weighted by Gasteiger charge is -2.47. The Kier molecular flexibility index (Phi) is 6.16. The molecule has 6 nitrogen and oxygen atoms in total. The standard InChI is InChI=1S/C24H36N4O2/c1-14-5-7-17(23(29)27-19-8-6-15(2)26-13-19)10-20(14)21-11-18-12-25-16(3)9-22(18)28(4)24(21)30/h5,7,10,15-16,18-19,21-22,25-26H,6,8-9,11-13H2,1-4H3,(H,27,29). The van der Waals surface area contributed by atoms with Gasteiger partial charge in [0, 0.05) is 49.9 Å². The minimum Gasteiger partial charge on any atom is -0.348 e. The van der Waals surface area contributed by atoms with E-state index >= 15 is 0 Å². The van der Waals surface area contributed by atoms with Crippen LogP contribution in [0.3, 0.4) is 0 Å². The molecule has 0 spiro atoms. The SMILES string of the molecule is Cc1ccc(C(=O)NC2CCC(C)NC2)cc1C1CC2CNC(C)CC2N(C)C1=O. The highest BCUT2D eigenvalue weighted by Crippen LogP contribution is 2.38. The average molecular weight is 413 g/mol. The molecule has 2 amide bonds. The first-order valence-electron chi connectivity index (χ1n) is 11.5. The summed E-state index contributed by atoms with van der Waals surface area (Å²) in [4.78, 5) is 28.1. The first kappa shape index (κ1) is 21.3. The van der Waals surface area contributed by atoms with Gasteiger partial charge in [-0.2, -0.15) is 0 Å². The summed E-state index contributed by atoms with van der Waals surface area (Å²) in [5.74, 6) is 0.439. The van der Waals surface area contributed by atoms with Gasteiger partial charge in [-0.15, -0.1) is 0 Å². The van der Waals surface area contributed by atoms with Crippen LogP contribution in [0.1, 0.15) is 66.9 Å². The number of benzene rings is 1. The molecule has 6 unspecified atom stereocenters. The Balaban J connectivity index is 1.51. The van der Waals surface area contributed by atoms with Crippen LogP contribution in [0.25, 0.3) is 0 Å². The molecule has 6 atom stereocenters. The first-order valence-corrected chi connectivity index (χ1v) is 11.5. The number of aryl methyl sites for hydroxylation is 1. The van der Waals surface area contributed by atoms with Gasteiger partial charge in [-0.05, 0) is 75.6 Å². The number of rotatable bonds is 3. The number of likely N-dealkylation sites (N-methyl/N-ethyl adjacent to an activating group) is 1. The van der Waals surface area contributed by atoms with Crippen LogP contribution >= 0.6 is 0 Å². The molecule has 3 heterocycles. The zero-order valence-corrected chi connectivity index (χ0v) is 18.7. The van der Waals surface area contributed by atoms with E-state index in [1.165, 1.54) is 0 Å². The Morgan fingerprint density at radius 2 is 1.87 bits per heavy atom. The van der Waals surface area contributed by atoms with Crippen molar-refractivity contribution < 1.29 is 9.59 Å². The number of nitrogens with zero attached hydrogens (tertiary/aromatic N) is 1. The van der Waals surface area contributed by atoms with Crippen LogP contribution in [0.2, 0.25) is 0 Å². The Bertz CT molecular complexity index is 802. The van der Waals surface area contributed by atoms with Crippen molar-refractivity contribution in [2.45, 2.75) is 76.5 Å². The summed E-state index contributed by atoms with van der Waals surface area (Å²) in [6, 6.07) is 7.28. The van der Waals surface area contributed by atoms with E-state index in [9.17, 15) is 9.59 Å². The van der Waals surface area contributed by atoms with Crippen LogP contribution in [-0.4, -0.2) is 61.0 Å². The Morgan fingerprint density at radius 3 is 2.60 bits per heavy atom. The van der Waals surface area contributed by atoms with E-state index in [1.54, 1.807) is 0 Å². The zero-order valence-electron chi connectivity index (χ0n) is 18.7. The monoisotopic (exact) mass is 412 g/mol. The summed E-state index contributed by atoms with van der Waals surface area (Å²) in [5, 5.41) is 10.2. The molecular formula is C24H36N4O2. The van der Waals surface area contributed by atoms with Gasteiger partial charge in [-0.3, -0.25) is 9.59 Å². The second-order valence-corrected chi connectivity index (χ2v) is 9.74. The highest BCUT2D eigenvalue weighted by molar-refractivity contribution is 5.95. The molecule has 3 saturated heterocycles. The maximum atomic E-state index is 13.3. The highest BCUT2D eigenvalue weighted by atomic mass is 16.2. The molecule has 3 aliphatic heterocycles. The molecule has 0 radical (unpaired) electrons. The summed E-state index contributed by atoms with van der Waals surface area (Å²) in [5.41, 5.74) is 2.75. The number of hydrogen-bond acceptors (Lipinski definition) is 4. The molecule has 0 saturated carbocycles. The van der Waals surface area contributed by atoms with Gasteiger partial charge in [0.1, 0.15) is 0 Å². The number of hydrogen-bond donors (Lipinski definition) is 3. The largest absolute Gasteiger partial charge is 0.348 e. The van der Waals surface area contributed by atoms with E-state index in [0.29, 0.717) is 29.6 Å². The lowest BCUT2D eigenvalue weighted by molar-refractivity contribution is -0.140. The summed E-state index contributed by atoms with van der Waals surface area (Å²) in [6.45, 7) is 8.17. The Morgan fingerprint density at radius 1 is 1.10 bits per heavy atom. The van der Waals surface area contributed by atoms with E-state index in [4.69, 9.17) is 0 Å². The van der Waals surface area contributed by atoms with Gasteiger partial charge in [0.15, 0.2) is 0 Å². The van der Waals surface area contributed by atoms with Crippen LogP contribution in [0, 0.1) is 12.8 Å². The molecular weight excluding hydrogens is 376 g/mol. The number of carbonyl (C=O) groups is 2. The maximum absolute atomic E-state index is 13.3. The van der Waals surface area contributed by atoms with Crippen LogP contribution in [-0.2, 0) is 4.79 Å². The molecule has 164 valence electrons. The Labute approximate surface area is 180 Å². The quantitative estimate of drug-likeness (QED) is 0.712. The summed E-state index contributed by atoms with van der Waals surface area (Å²) in [7, 11) is 1.95. The third-order valence-corrected chi connectivity index (χ3v) is 7.46. The zero-order chi connectivity index (χ0) is 21.4. The minimum atomic E-state index is -0.170. The van der Waals surface area contributed by atoms with Crippen molar-refractivity contribution in [3.05, 3.63) is 34.9 Å². The molecule has 0 aliphatic carbocycles. The van der Waals surface area contributed by atoms with E-state index < -0.39 is 0 Å². The normalized spacial score (nSPS) is 34.4. The van der Waals surface area contributed by atoms with Crippen molar-refractivity contribution in [1.82, 2.24) is 20.9 Å². The molecule has 0 aromatic heterocycles. The van der Waals surface area contributed by atoms with Crippen molar-refractivity contribution >= 4 is 11.8 Å². The second-order valence-electron chi connectivity index (χ2n) is 9.74. The predicted octanol–water partition coefficient (Wildman–Crippen LogP) is 2.18. The van der Waals surface area contributed by atoms with Gasteiger partial charge in [0.2, 0.25) is 5.91 Å². The van der Waals surface area contributed by atoms with Crippen LogP contribution in [0.15, 0.2) is 18.2 Å². The van der Waals surface area contributed by atoms with Crippen molar-refractivity contribution in [2.75, 3.05) is 20.1 Å². The summed E-state index contributed by atoms with van der Waals surface area (Å²) >= 11 is 0. The van der Waals surface area contributed by atoms with E-state index in [2.05, 4.69) is 29.8 Å². The van der Waals surface area contributed by atoms with Crippen molar-refractivity contribution in [3.8, 4) is 0 Å². The maximum Gasteiger partial charge on any atom is 0.251 e. The fourth-order valence-corrected chi connectivity index (χ4v) is 5.46. The van der Waals surface area contributed by atoms with Gasteiger partial charge >= 0.3 is 0 Å². The fraction of sp³-hybridized carbons (Fsp3) is 0.667. The van der Waals surface area contributed by atoms with Crippen molar-refractivity contribution in [3.63, 3.8) is 0 Å². The van der Waals surface area contributed by atoms with Gasteiger partial charge in [-0.1, -0.05) is 6.07 Å². The molecule has 4 rings (SSSR count). The number of amides is 2. The molecule has 1 aromatic rings.